The van der Waals surface area contributed by atoms with Crippen LogP contribution in [0.15, 0.2) is 22.7 Å². The highest BCUT2D eigenvalue weighted by atomic mass is 79.9. The maximum atomic E-state index is 11.4. The highest BCUT2D eigenvalue weighted by Gasteiger charge is 2.15. The highest BCUT2D eigenvalue weighted by Crippen LogP contribution is 2.23. The van der Waals surface area contributed by atoms with E-state index in [1.54, 1.807) is 0 Å². The van der Waals surface area contributed by atoms with Gasteiger partial charge in [-0.2, -0.15) is 0 Å². The van der Waals surface area contributed by atoms with Crippen LogP contribution >= 0.6 is 27.5 Å². The van der Waals surface area contributed by atoms with Crippen LogP contribution in [0.5, 0.6) is 0 Å². The van der Waals surface area contributed by atoms with Gasteiger partial charge in [0.2, 0.25) is 0 Å². The standard InChI is InChI=1S/C13H17BrClNO2/c1-13(2,3)18-12(17)16-7-6-9-4-5-11(15)10(14)8-9/h4-5,8H,6-7H2,1-3H3,(H,16,17). The fraction of sp³-hybridized carbons (Fsp3) is 0.462. The molecule has 0 saturated carbocycles. The Morgan fingerprint density at radius 3 is 2.67 bits per heavy atom. The summed E-state index contributed by atoms with van der Waals surface area (Å²) in [5.41, 5.74) is 0.634. The van der Waals surface area contributed by atoms with E-state index in [-0.39, 0.29) is 0 Å². The van der Waals surface area contributed by atoms with Gasteiger partial charge in [-0.15, -0.1) is 0 Å². The number of alkyl carbamates (subject to hydrolysis) is 1. The van der Waals surface area contributed by atoms with Crippen molar-refractivity contribution in [3.8, 4) is 0 Å². The molecule has 1 amide bonds. The Morgan fingerprint density at radius 2 is 2.11 bits per heavy atom. The normalized spacial score (nSPS) is 11.2. The van der Waals surface area contributed by atoms with Gasteiger partial charge in [-0.25, -0.2) is 4.79 Å². The van der Waals surface area contributed by atoms with Crippen LogP contribution in [0.4, 0.5) is 4.79 Å². The zero-order valence-corrected chi connectivity index (χ0v) is 13.1. The van der Waals surface area contributed by atoms with Gasteiger partial charge in [0, 0.05) is 11.0 Å². The molecule has 1 aromatic rings. The Kier molecular flexibility index (Phi) is 5.47. The van der Waals surface area contributed by atoms with Crippen LogP contribution in [0.25, 0.3) is 0 Å². The summed E-state index contributed by atoms with van der Waals surface area (Å²) in [6.07, 6.45) is 0.338. The number of carbonyl (C=O) groups excluding carboxylic acids is 1. The Hall–Kier alpha value is -0.740. The summed E-state index contributed by atoms with van der Waals surface area (Å²) in [5, 5.41) is 3.39. The van der Waals surface area contributed by atoms with Crippen LogP contribution in [-0.4, -0.2) is 18.2 Å². The molecule has 0 spiro atoms. The molecular formula is C13H17BrClNO2. The Labute approximate surface area is 121 Å². The van der Waals surface area contributed by atoms with Gasteiger partial charge in [-0.1, -0.05) is 17.7 Å². The molecule has 0 unspecified atom stereocenters. The summed E-state index contributed by atoms with van der Waals surface area (Å²) in [4.78, 5) is 11.4. The average Bonchev–Trinajstić information content (AvgIpc) is 2.20. The van der Waals surface area contributed by atoms with Crippen molar-refractivity contribution in [2.45, 2.75) is 32.8 Å². The molecule has 1 rings (SSSR count). The summed E-state index contributed by atoms with van der Waals surface area (Å²) < 4.78 is 6.00. The molecule has 0 heterocycles. The molecule has 0 aliphatic carbocycles. The lowest BCUT2D eigenvalue weighted by Gasteiger charge is -2.19. The molecule has 1 aromatic carbocycles. The maximum Gasteiger partial charge on any atom is 0.407 e. The molecule has 0 aromatic heterocycles. The number of carbonyl (C=O) groups is 1. The van der Waals surface area contributed by atoms with Gasteiger partial charge in [0.15, 0.2) is 0 Å². The number of benzene rings is 1. The van der Waals surface area contributed by atoms with Crippen molar-refractivity contribution in [1.82, 2.24) is 5.32 Å². The number of rotatable bonds is 3. The lowest BCUT2D eigenvalue weighted by atomic mass is 10.1. The number of hydrogen-bond donors (Lipinski definition) is 1. The Bertz CT molecular complexity index is 429. The SMILES string of the molecule is CC(C)(C)OC(=O)NCCc1ccc(Cl)c(Br)c1. The first-order chi connectivity index (χ1) is 8.28. The second-order valence-corrected chi connectivity index (χ2v) is 6.19. The zero-order valence-electron chi connectivity index (χ0n) is 10.7. The molecule has 5 heteroatoms. The van der Waals surface area contributed by atoms with Crippen LogP contribution in [0.1, 0.15) is 26.3 Å². The van der Waals surface area contributed by atoms with Gasteiger partial charge >= 0.3 is 6.09 Å². The molecule has 0 radical (unpaired) electrons. The molecule has 0 aliphatic heterocycles. The van der Waals surface area contributed by atoms with Crippen molar-refractivity contribution in [3.63, 3.8) is 0 Å². The molecule has 0 atom stereocenters. The summed E-state index contributed by atoms with van der Waals surface area (Å²) >= 11 is 9.26. The first-order valence-corrected chi connectivity index (χ1v) is 6.86. The third-order valence-corrected chi connectivity index (χ3v) is 3.28. The highest BCUT2D eigenvalue weighted by molar-refractivity contribution is 9.10. The molecule has 0 bridgehead atoms. The molecule has 0 aliphatic rings. The molecular weight excluding hydrogens is 318 g/mol. The maximum absolute atomic E-state index is 11.4. The van der Waals surface area contributed by atoms with Crippen LogP contribution in [0.2, 0.25) is 5.02 Å². The molecule has 0 fully saturated rings. The first kappa shape index (κ1) is 15.3. The minimum atomic E-state index is -0.465. The van der Waals surface area contributed by atoms with E-state index in [1.807, 2.05) is 39.0 Å². The van der Waals surface area contributed by atoms with E-state index in [1.165, 1.54) is 0 Å². The van der Waals surface area contributed by atoms with Gasteiger partial charge in [0.05, 0.1) is 5.02 Å². The number of halogens is 2. The van der Waals surface area contributed by atoms with Crippen LogP contribution < -0.4 is 5.32 Å². The average molecular weight is 335 g/mol. The summed E-state index contributed by atoms with van der Waals surface area (Å²) in [7, 11) is 0. The molecule has 3 nitrogen and oxygen atoms in total. The van der Waals surface area contributed by atoms with E-state index >= 15 is 0 Å². The summed E-state index contributed by atoms with van der Waals surface area (Å²) in [6, 6.07) is 5.71. The van der Waals surface area contributed by atoms with Gasteiger partial charge in [-0.05, 0) is 60.8 Å². The zero-order chi connectivity index (χ0) is 13.8. The van der Waals surface area contributed by atoms with Crippen molar-refractivity contribution in [3.05, 3.63) is 33.3 Å². The molecule has 18 heavy (non-hydrogen) atoms. The Balaban J connectivity index is 2.38. The first-order valence-electron chi connectivity index (χ1n) is 5.69. The van der Waals surface area contributed by atoms with Crippen LogP contribution in [0, 0.1) is 0 Å². The fourth-order valence-corrected chi connectivity index (χ4v) is 1.86. The molecule has 100 valence electrons. The lowest BCUT2D eigenvalue weighted by molar-refractivity contribution is 0.0528. The van der Waals surface area contributed by atoms with E-state index in [4.69, 9.17) is 16.3 Å². The summed E-state index contributed by atoms with van der Waals surface area (Å²) in [6.45, 7) is 6.04. The van der Waals surface area contributed by atoms with Crippen LogP contribution in [-0.2, 0) is 11.2 Å². The van der Waals surface area contributed by atoms with E-state index in [0.717, 1.165) is 16.5 Å². The minimum absolute atomic E-state index is 0.393. The quantitative estimate of drug-likeness (QED) is 0.901. The lowest BCUT2D eigenvalue weighted by Crippen LogP contribution is -2.33. The number of ether oxygens (including phenoxy) is 1. The third-order valence-electron chi connectivity index (χ3n) is 2.07. The van der Waals surface area contributed by atoms with Gasteiger partial charge in [0.25, 0.3) is 0 Å². The van der Waals surface area contributed by atoms with E-state index in [0.29, 0.717) is 11.6 Å². The number of nitrogens with one attached hydrogen (secondary N) is 1. The van der Waals surface area contributed by atoms with E-state index < -0.39 is 11.7 Å². The van der Waals surface area contributed by atoms with Gasteiger partial charge < -0.3 is 10.1 Å². The number of amides is 1. The molecule has 0 saturated heterocycles. The van der Waals surface area contributed by atoms with E-state index in [9.17, 15) is 4.79 Å². The number of hydrogen-bond acceptors (Lipinski definition) is 2. The monoisotopic (exact) mass is 333 g/mol. The van der Waals surface area contributed by atoms with Crippen molar-refractivity contribution in [1.29, 1.82) is 0 Å². The van der Waals surface area contributed by atoms with Crippen molar-refractivity contribution >= 4 is 33.6 Å². The summed E-state index contributed by atoms with van der Waals surface area (Å²) in [5.74, 6) is 0. The minimum Gasteiger partial charge on any atom is -0.444 e. The second kappa shape index (κ2) is 6.43. The topological polar surface area (TPSA) is 38.3 Å². The third kappa shape index (κ3) is 5.74. The van der Waals surface area contributed by atoms with Crippen LogP contribution in [0.3, 0.4) is 0 Å². The predicted molar refractivity (Wildman–Crippen MR) is 77.1 cm³/mol. The molecule has 1 N–H and O–H groups in total. The second-order valence-electron chi connectivity index (χ2n) is 4.93. The largest absolute Gasteiger partial charge is 0.444 e. The van der Waals surface area contributed by atoms with Gasteiger partial charge in [0.1, 0.15) is 5.60 Å². The van der Waals surface area contributed by atoms with Crippen molar-refractivity contribution in [2.75, 3.05) is 6.54 Å². The van der Waals surface area contributed by atoms with Crippen molar-refractivity contribution in [2.24, 2.45) is 0 Å². The smallest absolute Gasteiger partial charge is 0.407 e. The van der Waals surface area contributed by atoms with Gasteiger partial charge in [-0.3, -0.25) is 0 Å². The Morgan fingerprint density at radius 1 is 1.44 bits per heavy atom. The van der Waals surface area contributed by atoms with Crippen molar-refractivity contribution < 1.29 is 9.53 Å². The predicted octanol–water partition coefficient (Wildman–Crippen LogP) is 4.17. The fourth-order valence-electron chi connectivity index (χ4n) is 1.32. The van der Waals surface area contributed by atoms with E-state index in [2.05, 4.69) is 21.2 Å².